The van der Waals surface area contributed by atoms with E-state index in [4.69, 9.17) is 4.74 Å². The number of ether oxygens (including phenoxy) is 1. The Hall–Kier alpha value is -1.42. The molecule has 92 valence electrons. The average Bonchev–Trinajstić information content (AvgIpc) is 3.18. The number of hydrogen-bond acceptors (Lipinski definition) is 3. The first-order chi connectivity index (χ1) is 8.36. The van der Waals surface area contributed by atoms with Crippen molar-refractivity contribution in [3.8, 4) is 0 Å². The molecule has 0 aromatic carbocycles. The zero-order chi connectivity index (χ0) is 11.9. The second kappa shape index (κ2) is 6.35. The Bertz CT molecular complexity index is 350. The van der Waals surface area contributed by atoms with Crippen LogP contribution < -0.4 is 5.32 Å². The molecule has 2 rings (SSSR count). The lowest BCUT2D eigenvalue weighted by Gasteiger charge is -2.05. The molecule has 0 saturated heterocycles. The van der Waals surface area contributed by atoms with E-state index in [2.05, 4.69) is 10.3 Å². The number of hydrogen-bond donors (Lipinski definition) is 1. The van der Waals surface area contributed by atoms with E-state index in [-0.39, 0.29) is 5.91 Å². The Morgan fingerprint density at radius 3 is 3.12 bits per heavy atom. The lowest BCUT2D eigenvalue weighted by Crippen LogP contribution is -2.25. The predicted molar refractivity (Wildman–Crippen MR) is 64.7 cm³/mol. The van der Waals surface area contributed by atoms with Crippen molar-refractivity contribution in [1.29, 1.82) is 0 Å². The molecule has 1 aliphatic rings. The van der Waals surface area contributed by atoms with Gasteiger partial charge in [0.05, 0.1) is 5.56 Å². The van der Waals surface area contributed by atoms with Gasteiger partial charge in [0.2, 0.25) is 0 Å². The number of nitrogens with one attached hydrogen (secondary N) is 1. The van der Waals surface area contributed by atoms with E-state index in [1.807, 2.05) is 0 Å². The maximum Gasteiger partial charge on any atom is 0.252 e. The molecule has 0 spiro atoms. The molecule has 0 radical (unpaired) electrons. The Labute approximate surface area is 101 Å². The largest absolute Gasteiger partial charge is 0.381 e. The molecule has 17 heavy (non-hydrogen) atoms. The topological polar surface area (TPSA) is 51.2 Å². The highest BCUT2D eigenvalue weighted by atomic mass is 16.5. The van der Waals surface area contributed by atoms with Crippen LogP contribution in [0.25, 0.3) is 0 Å². The highest BCUT2D eigenvalue weighted by molar-refractivity contribution is 5.93. The first-order valence-electron chi connectivity index (χ1n) is 6.12. The number of rotatable bonds is 7. The third kappa shape index (κ3) is 4.53. The summed E-state index contributed by atoms with van der Waals surface area (Å²) in [6.07, 6.45) is 6.72. The summed E-state index contributed by atoms with van der Waals surface area (Å²) in [6.45, 7) is 2.26. The van der Waals surface area contributed by atoms with E-state index < -0.39 is 0 Å². The number of nitrogens with zero attached hydrogens (tertiary/aromatic N) is 1. The van der Waals surface area contributed by atoms with Crippen LogP contribution in [0.2, 0.25) is 0 Å². The number of pyridine rings is 1. The van der Waals surface area contributed by atoms with E-state index in [0.717, 1.165) is 25.6 Å². The van der Waals surface area contributed by atoms with Gasteiger partial charge in [-0.3, -0.25) is 9.78 Å². The molecule has 1 saturated carbocycles. The van der Waals surface area contributed by atoms with Gasteiger partial charge in [0.15, 0.2) is 0 Å². The normalized spacial score (nSPS) is 14.6. The standard InChI is InChI=1S/C13H18N2O2/c16-13(12-3-1-6-14-9-12)15-7-2-8-17-10-11-4-5-11/h1,3,6,9,11H,2,4-5,7-8,10H2,(H,15,16). The maximum atomic E-state index is 11.6. The number of carbonyl (C=O) groups is 1. The van der Waals surface area contributed by atoms with Crippen molar-refractivity contribution in [3.63, 3.8) is 0 Å². The second-order valence-corrected chi connectivity index (χ2v) is 4.37. The van der Waals surface area contributed by atoms with Crippen LogP contribution >= 0.6 is 0 Å². The van der Waals surface area contributed by atoms with Crippen LogP contribution in [0.5, 0.6) is 0 Å². The number of aromatic nitrogens is 1. The molecule has 1 heterocycles. The summed E-state index contributed by atoms with van der Waals surface area (Å²) in [5.41, 5.74) is 0.603. The van der Waals surface area contributed by atoms with Gasteiger partial charge in [0.25, 0.3) is 5.91 Å². The van der Waals surface area contributed by atoms with Gasteiger partial charge in [-0.2, -0.15) is 0 Å². The number of amides is 1. The zero-order valence-corrected chi connectivity index (χ0v) is 9.89. The van der Waals surface area contributed by atoms with E-state index in [0.29, 0.717) is 12.1 Å². The number of carbonyl (C=O) groups excluding carboxylic acids is 1. The van der Waals surface area contributed by atoms with E-state index >= 15 is 0 Å². The fourth-order valence-corrected chi connectivity index (χ4v) is 1.51. The maximum absolute atomic E-state index is 11.6. The quantitative estimate of drug-likeness (QED) is 0.729. The summed E-state index contributed by atoms with van der Waals surface area (Å²) < 4.78 is 5.48. The van der Waals surface area contributed by atoms with Crippen molar-refractivity contribution < 1.29 is 9.53 Å². The SMILES string of the molecule is O=C(NCCCOCC1CC1)c1cccnc1. The van der Waals surface area contributed by atoms with Gasteiger partial charge >= 0.3 is 0 Å². The molecule has 0 atom stereocenters. The molecule has 0 unspecified atom stereocenters. The lowest BCUT2D eigenvalue weighted by atomic mass is 10.2. The fourth-order valence-electron chi connectivity index (χ4n) is 1.51. The molecular weight excluding hydrogens is 216 g/mol. The minimum atomic E-state index is -0.0692. The summed E-state index contributed by atoms with van der Waals surface area (Å²) in [7, 11) is 0. The van der Waals surface area contributed by atoms with Gasteiger partial charge in [-0.05, 0) is 37.3 Å². The molecule has 1 aromatic rings. The molecule has 1 aliphatic carbocycles. The summed E-state index contributed by atoms with van der Waals surface area (Å²) in [5, 5.41) is 2.84. The van der Waals surface area contributed by atoms with Gasteiger partial charge < -0.3 is 10.1 Å². The predicted octanol–water partition coefficient (Wildman–Crippen LogP) is 1.63. The molecule has 0 aliphatic heterocycles. The Morgan fingerprint density at radius 2 is 2.41 bits per heavy atom. The summed E-state index contributed by atoms with van der Waals surface area (Å²) in [4.78, 5) is 15.5. The van der Waals surface area contributed by atoms with Gasteiger partial charge in [0.1, 0.15) is 0 Å². The van der Waals surface area contributed by atoms with E-state index in [1.54, 1.807) is 24.5 Å². The van der Waals surface area contributed by atoms with Crippen LogP contribution in [0.4, 0.5) is 0 Å². The van der Waals surface area contributed by atoms with Crippen molar-refractivity contribution in [1.82, 2.24) is 10.3 Å². The molecule has 4 nitrogen and oxygen atoms in total. The Morgan fingerprint density at radius 1 is 1.53 bits per heavy atom. The average molecular weight is 234 g/mol. The Balaban J connectivity index is 1.53. The minimum absolute atomic E-state index is 0.0692. The summed E-state index contributed by atoms with van der Waals surface area (Å²) in [6, 6.07) is 3.51. The Kier molecular flexibility index (Phi) is 4.50. The van der Waals surface area contributed by atoms with Crippen LogP contribution in [0, 0.1) is 5.92 Å². The smallest absolute Gasteiger partial charge is 0.252 e. The molecule has 1 amide bonds. The minimum Gasteiger partial charge on any atom is -0.381 e. The monoisotopic (exact) mass is 234 g/mol. The first-order valence-corrected chi connectivity index (χ1v) is 6.12. The highest BCUT2D eigenvalue weighted by Gasteiger charge is 2.20. The molecule has 4 heteroatoms. The van der Waals surface area contributed by atoms with Crippen molar-refractivity contribution in [2.45, 2.75) is 19.3 Å². The van der Waals surface area contributed by atoms with Crippen molar-refractivity contribution in [3.05, 3.63) is 30.1 Å². The van der Waals surface area contributed by atoms with Crippen LogP contribution in [-0.4, -0.2) is 30.6 Å². The van der Waals surface area contributed by atoms with Crippen molar-refractivity contribution in [2.75, 3.05) is 19.8 Å². The molecular formula is C13H18N2O2. The van der Waals surface area contributed by atoms with Gasteiger partial charge in [-0.25, -0.2) is 0 Å². The third-order valence-electron chi connectivity index (χ3n) is 2.73. The second-order valence-electron chi connectivity index (χ2n) is 4.37. The van der Waals surface area contributed by atoms with Crippen LogP contribution in [0.1, 0.15) is 29.6 Å². The van der Waals surface area contributed by atoms with Crippen LogP contribution in [0.15, 0.2) is 24.5 Å². The van der Waals surface area contributed by atoms with Crippen molar-refractivity contribution >= 4 is 5.91 Å². The first kappa shape index (κ1) is 12.0. The molecule has 0 bridgehead atoms. The van der Waals surface area contributed by atoms with Gasteiger partial charge in [-0.1, -0.05) is 0 Å². The lowest BCUT2D eigenvalue weighted by molar-refractivity contribution is 0.0937. The van der Waals surface area contributed by atoms with Gasteiger partial charge in [0, 0.05) is 32.2 Å². The van der Waals surface area contributed by atoms with Crippen molar-refractivity contribution in [2.24, 2.45) is 5.92 Å². The van der Waals surface area contributed by atoms with E-state index in [1.165, 1.54) is 12.8 Å². The molecule has 1 fully saturated rings. The summed E-state index contributed by atoms with van der Waals surface area (Å²) in [5.74, 6) is 0.736. The highest BCUT2D eigenvalue weighted by Crippen LogP contribution is 2.28. The molecule has 1 aromatic heterocycles. The molecule has 1 N–H and O–H groups in total. The van der Waals surface area contributed by atoms with E-state index in [9.17, 15) is 4.79 Å². The third-order valence-corrected chi connectivity index (χ3v) is 2.73. The fraction of sp³-hybridized carbons (Fsp3) is 0.538. The summed E-state index contributed by atoms with van der Waals surface area (Å²) >= 11 is 0. The van der Waals surface area contributed by atoms with Crippen LogP contribution in [-0.2, 0) is 4.74 Å². The van der Waals surface area contributed by atoms with Crippen LogP contribution in [0.3, 0.4) is 0 Å². The zero-order valence-electron chi connectivity index (χ0n) is 9.89. The van der Waals surface area contributed by atoms with Gasteiger partial charge in [-0.15, -0.1) is 0 Å².